The molecule has 0 atom stereocenters. The SMILES string of the molecule is O=C1C(=C[O-])C(=O)N2Cc3ccccc3CN12.[K+]. The maximum absolute atomic E-state index is 11.8. The molecule has 2 aliphatic heterocycles. The van der Waals surface area contributed by atoms with Crippen LogP contribution in [0.15, 0.2) is 36.1 Å². The van der Waals surface area contributed by atoms with Crippen molar-refractivity contribution in [1.82, 2.24) is 10.0 Å². The molecule has 2 heterocycles. The normalized spacial score (nSPS) is 17.2. The van der Waals surface area contributed by atoms with Gasteiger partial charge in [-0.3, -0.25) is 9.59 Å². The fourth-order valence-electron chi connectivity index (χ4n) is 2.19. The van der Waals surface area contributed by atoms with Crippen LogP contribution in [0.3, 0.4) is 0 Å². The third-order valence-corrected chi connectivity index (χ3v) is 3.10. The Bertz CT molecular complexity index is 511. The minimum atomic E-state index is -0.500. The van der Waals surface area contributed by atoms with Crippen molar-refractivity contribution in [3.05, 3.63) is 47.2 Å². The van der Waals surface area contributed by atoms with Crippen molar-refractivity contribution >= 4 is 11.8 Å². The van der Waals surface area contributed by atoms with Crippen LogP contribution in [0.4, 0.5) is 0 Å². The van der Waals surface area contributed by atoms with Crippen LogP contribution in [-0.4, -0.2) is 21.8 Å². The number of amides is 2. The first kappa shape index (κ1) is 13.8. The number of carbonyl (C=O) groups is 2. The number of carbonyl (C=O) groups excluding carboxylic acids is 2. The Kier molecular flexibility index (Phi) is 3.93. The van der Waals surface area contributed by atoms with E-state index in [1.807, 2.05) is 24.3 Å². The van der Waals surface area contributed by atoms with Gasteiger partial charge in [-0.15, -0.1) is 6.26 Å². The quantitative estimate of drug-likeness (QED) is 0.213. The molecule has 1 aromatic rings. The van der Waals surface area contributed by atoms with E-state index in [9.17, 15) is 14.7 Å². The Labute approximate surface area is 146 Å². The van der Waals surface area contributed by atoms with Gasteiger partial charge in [-0.25, -0.2) is 10.0 Å². The van der Waals surface area contributed by atoms with E-state index in [1.165, 1.54) is 10.0 Å². The predicted molar refractivity (Wildman–Crippen MR) is 55.6 cm³/mol. The number of rotatable bonds is 0. The largest absolute Gasteiger partial charge is 1.00 e. The van der Waals surface area contributed by atoms with Crippen molar-refractivity contribution in [3.63, 3.8) is 0 Å². The van der Waals surface area contributed by atoms with Crippen molar-refractivity contribution in [2.75, 3.05) is 0 Å². The van der Waals surface area contributed by atoms with Gasteiger partial charge in [0.15, 0.2) is 0 Å². The maximum atomic E-state index is 11.8. The predicted octanol–water partition coefficient (Wildman–Crippen LogP) is -3.47. The number of benzene rings is 1. The molecule has 5 nitrogen and oxygen atoms in total. The van der Waals surface area contributed by atoms with Crippen molar-refractivity contribution < 1.29 is 66.1 Å². The van der Waals surface area contributed by atoms with Crippen LogP contribution in [0.1, 0.15) is 11.1 Å². The van der Waals surface area contributed by atoms with Crippen LogP contribution >= 0.6 is 0 Å². The molecule has 18 heavy (non-hydrogen) atoms. The zero-order chi connectivity index (χ0) is 12.0. The Hall–Kier alpha value is -0.664. The van der Waals surface area contributed by atoms with Gasteiger partial charge >= 0.3 is 51.4 Å². The second kappa shape index (κ2) is 5.14. The van der Waals surface area contributed by atoms with E-state index in [-0.39, 0.29) is 57.0 Å². The molecular weight excluding hydrogens is 259 g/mol. The van der Waals surface area contributed by atoms with Gasteiger partial charge in [-0.1, -0.05) is 24.3 Å². The molecule has 0 bridgehead atoms. The molecule has 0 aromatic heterocycles. The van der Waals surface area contributed by atoms with Gasteiger partial charge < -0.3 is 5.11 Å². The van der Waals surface area contributed by atoms with Gasteiger partial charge in [0.2, 0.25) is 0 Å². The molecule has 2 amide bonds. The minimum Gasteiger partial charge on any atom is -0.877 e. The maximum Gasteiger partial charge on any atom is 1.00 e. The molecule has 0 spiro atoms. The summed E-state index contributed by atoms with van der Waals surface area (Å²) in [6.45, 7) is 0.691. The van der Waals surface area contributed by atoms with Crippen LogP contribution in [0, 0.1) is 0 Å². The number of fused-ring (bicyclic) bond motifs is 2. The van der Waals surface area contributed by atoms with E-state index in [4.69, 9.17) is 0 Å². The number of hydrogen-bond donors (Lipinski definition) is 0. The Morgan fingerprint density at radius 1 is 1.00 bits per heavy atom. The van der Waals surface area contributed by atoms with Crippen molar-refractivity contribution in [2.24, 2.45) is 0 Å². The average molecular weight is 268 g/mol. The van der Waals surface area contributed by atoms with Crippen LogP contribution in [-0.2, 0) is 22.7 Å². The van der Waals surface area contributed by atoms with Crippen molar-refractivity contribution in [3.8, 4) is 0 Å². The molecule has 1 aromatic carbocycles. The molecule has 2 aliphatic rings. The monoisotopic (exact) mass is 268 g/mol. The molecule has 6 heteroatoms. The molecular formula is C12H9KN2O3. The summed E-state index contributed by atoms with van der Waals surface area (Å²) in [5.74, 6) is -1.00. The third kappa shape index (κ3) is 1.94. The first-order valence-corrected chi connectivity index (χ1v) is 5.25. The van der Waals surface area contributed by atoms with Gasteiger partial charge in [-0.2, -0.15) is 0 Å². The molecule has 86 valence electrons. The summed E-state index contributed by atoms with van der Waals surface area (Å²) >= 11 is 0. The molecule has 0 saturated carbocycles. The average Bonchev–Trinajstić information content (AvgIpc) is 2.59. The fraction of sp³-hybridized carbons (Fsp3) is 0.167. The fourth-order valence-corrected chi connectivity index (χ4v) is 2.19. The number of hydrogen-bond acceptors (Lipinski definition) is 3. The van der Waals surface area contributed by atoms with Crippen LogP contribution in [0.2, 0.25) is 0 Å². The van der Waals surface area contributed by atoms with E-state index in [0.29, 0.717) is 19.4 Å². The summed E-state index contributed by atoms with van der Waals surface area (Å²) in [7, 11) is 0. The smallest absolute Gasteiger partial charge is 0.877 e. The summed E-state index contributed by atoms with van der Waals surface area (Å²) in [5.41, 5.74) is 1.74. The first-order chi connectivity index (χ1) is 8.22. The Morgan fingerprint density at radius 3 is 1.83 bits per heavy atom. The van der Waals surface area contributed by atoms with Gasteiger partial charge in [0.1, 0.15) is 0 Å². The topological polar surface area (TPSA) is 63.7 Å². The van der Waals surface area contributed by atoms with E-state index in [1.54, 1.807) is 0 Å². The van der Waals surface area contributed by atoms with E-state index < -0.39 is 11.8 Å². The molecule has 0 unspecified atom stereocenters. The number of hydrazine groups is 1. The molecule has 0 N–H and O–H groups in total. The minimum absolute atomic E-state index is 0. The zero-order valence-electron chi connectivity index (χ0n) is 9.92. The van der Waals surface area contributed by atoms with Crippen molar-refractivity contribution in [1.29, 1.82) is 0 Å². The van der Waals surface area contributed by atoms with Gasteiger partial charge in [0.05, 0.1) is 18.7 Å². The summed E-state index contributed by atoms with van der Waals surface area (Å²) < 4.78 is 0. The van der Waals surface area contributed by atoms with E-state index in [0.717, 1.165) is 11.1 Å². The Morgan fingerprint density at radius 2 is 1.44 bits per heavy atom. The van der Waals surface area contributed by atoms with E-state index in [2.05, 4.69) is 0 Å². The zero-order valence-corrected chi connectivity index (χ0v) is 13.0. The first-order valence-electron chi connectivity index (χ1n) is 5.25. The summed E-state index contributed by atoms with van der Waals surface area (Å²) in [6, 6.07) is 7.62. The van der Waals surface area contributed by atoms with Crippen LogP contribution in [0.25, 0.3) is 0 Å². The standard InChI is InChI=1S/C12H10N2O3.K/c15-7-10-11(16)13-5-8-3-1-2-4-9(8)6-14(13)12(10)17;/h1-4,7,15H,5-6H2;/q;+1/p-1. The van der Waals surface area contributed by atoms with E-state index >= 15 is 0 Å². The molecule has 1 saturated heterocycles. The summed E-state index contributed by atoms with van der Waals surface area (Å²) in [6.07, 6.45) is 0.341. The summed E-state index contributed by atoms with van der Waals surface area (Å²) in [4.78, 5) is 23.6. The Balaban J connectivity index is 0.00000120. The third-order valence-electron chi connectivity index (χ3n) is 3.10. The second-order valence-electron chi connectivity index (χ2n) is 4.03. The van der Waals surface area contributed by atoms with Crippen LogP contribution < -0.4 is 56.5 Å². The molecule has 1 fully saturated rings. The van der Waals surface area contributed by atoms with Gasteiger partial charge in [0, 0.05) is 0 Å². The van der Waals surface area contributed by atoms with Gasteiger partial charge in [0.25, 0.3) is 11.8 Å². The summed E-state index contributed by atoms with van der Waals surface area (Å²) in [5, 5.41) is 13.4. The van der Waals surface area contributed by atoms with Crippen LogP contribution in [0.5, 0.6) is 0 Å². The second-order valence-corrected chi connectivity index (χ2v) is 4.03. The molecule has 0 aliphatic carbocycles. The van der Waals surface area contributed by atoms with Gasteiger partial charge in [-0.05, 0) is 11.1 Å². The molecule has 0 radical (unpaired) electrons. The van der Waals surface area contributed by atoms with Crippen molar-refractivity contribution in [2.45, 2.75) is 13.1 Å². The molecule has 3 rings (SSSR count). The number of nitrogens with zero attached hydrogens (tertiary/aromatic N) is 2.